The minimum absolute atomic E-state index is 0.457. The zero-order chi connectivity index (χ0) is 23.5. The Bertz CT molecular complexity index is 1170. The molecule has 0 amide bonds. The topological polar surface area (TPSA) is 121 Å². The number of hydrogen-bond acceptors (Lipinski definition) is 7. The molecule has 4 N–H and O–H groups in total. The number of aryl methyl sites for hydroxylation is 1. The van der Waals surface area contributed by atoms with E-state index in [0.29, 0.717) is 22.8 Å². The molecule has 4 rings (SSSR count). The van der Waals surface area contributed by atoms with Gasteiger partial charge in [-0.1, -0.05) is 41.8 Å². The van der Waals surface area contributed by atoms with E-state index in [1.165, 1.54) is 0 Å². The van der Waals surface area contributed by atoms with Crippen LogP contribution in [0.4, 0.5) is 0 Å². The summed E-state index contributed by atoms with van der Waals surface area (Å²) in [6.07, 6.45) is -3.94. The van der Waals surface area contributed by atoms with Gasteiger partial charge in [0.25, 0.3) is 0 Å². The number of hydrogen-bond donors (Lipinski definition) is 4. The van der Waals surface area contributed by atoms with E-state index in [1.807, 2.05) is 24.3 Å². The summed E-state index contributed by atoms with van der Waals surface area (Å²) < 4.78 is 7.25. The second kappa shape index (κ2) is 10.0. The van der Waals surface area contributed by atoms with Gasteiger partial charge >= 0.3 is 0 Å². The SMILES string of the molecule is Cn1cnc(C#Cc2ccc(Cc3cc([C@@H]4O[C@H](CO)[C@@H](O)[C@H](O)[C@H]4O)ccc3Cl)cc2)n1. The van der Waals surface area contributed by atoms with Crippen molar-refractivity contribution in [2.45, 2.75) is 36.9 Å². The van der Waals surface area contributed by atoms with Crippen LogP contribution < -0.4 is 0 Å². The quantitative estimate of drug-likeness (QED) is 0.420. The monoisotopic (exact) mass is 469 g/mol. The smallest absolute Gasteiger partial charge is 0.225 e. The van der Waals surface area contributed by atoms with Gasteiger partial charge in [0, 0.05) is 17.6 Å². The highest BCUT2D eigenvalue weighted by Crippen LogP contribution is 2.34. The van der Waals surface area contributed by atoms with Crippen molar-refractivity contribution in [2.75, 3.05) is 6.61 Å². The number of ether oxygens (including phenoxy) is 1. The molecule has 8 nitrogen and oxygen atoms in total. The lowest BCUT2D eigenvalue weighted by Gasteiger charge is -2.40. The molecule has 1 aliphatic heterocycles. The number of aromatic nitrogens is 3. The summed E-state index contributed by atoms with van der Waals surface area (Å²) in [5, 5.41) is 44.6. The van der Waals surface area contributed by atoms with Crippen LogP contribution in [0.5, 0.6) is 0 Å². The molecule has 172 valence electrons. The van der Waals surface area contributed by atoms with Crippen molar-refractivity contribution in [1.82, 2.24) is 14.8 Å². The van der Waals surface area contributed by atoms with Crippen LogP contribution in [0.25, 0.3) is 0 Å². The molecule has 33 heavy (non-hydrogen) atoms. The predicted octanol–water partition coefficient (Wildman–Crippen LogP) is 0.974. The van der Waals surface area contributed by atoms with E-state index < -0.39 is 37.1 Å². The predicted molar refractivity (Wildman–Crippen MR) is 120 cm³/mol. The molecule has 2 heterocycles. The number of nitrogens with zero attached hydrogens (tertiary/aromatic N) is 3. The Labute approximate surface area is 196 Å². The number of benzene rings is 2. The fraction of sp³-hybridized carbons (Fsp3) is 0.333. The first kappa shape index (κ1) is 23.4. The molecule has 2 aromatic carbocycles. The van der Waals surface area contributed by atoms with Gasteiger partial charge in [-0.2, -0.15) is 0 Å². The Morgan fingerprint density at radius 3 is 2.45 bits per heavy atom. The molecule has 1 fully saturated rings. The Morgan fingerprint density at radius 2 is 1.79 bits per heavy atom. The number of aliphatic hydroxyl groups is 4. The van der Waals surface area contributed by atoms with E-state index >= 15 is 0 Å². The summed E-state index contributed by atoms with van der Waals surface area (Å²) in [5.41, 5.74) is 3.23. The Balaban J connectivity index is 1.51. The van der Waals surface area contributed by atoms with Gasteiger partial charge in [0.1, 0.15) is 36.8 Å². The maximum absolute atomic E-state index is 10.4. The first-order valence-corrected chi connectivity index (χ1v) is 10.8. The van der Waals surface area contributed by atoms with E-state index in [-0.39, 0.29) is 0 Å². The fourth-order valence-electron chi connectivity index (χ4n) is 3.73. The van der Waals surface area contributed by atoms with E-state index in [9.17, 15) is 20.4 Å². The van der Waals surface area contributed by atoms with E-state index in [4.69, 9.17) is 16.3 Å². The number of aliphatic hydroxyl groups excluding tert-OH is 4. The molecule has 5 atom stereocenters. The second-order valence-corrected chi connectivity index (χ2v) is 8.37. The van der Waals surface area contributed by atoms with E-state index in [1.54, 1.807) is 36.3 Å². The average molecular weight is 470 g/mol. The molecule has 0 unspecified atom stereocenters. The van der Waals surface area contributed by atoms with Crippen molar-refractivity contribution in [2.24, 2.45) is 7.05 Å². The first-order chi connectivity index (χ1) is 15.9. The highest BCUT2D eigenvalue weighted by Gasteiger charge is 2.44. The van der Waals surface area contributed by atoms with Gasteiger partial charge in [0.2, 0.25) is 5.82 Å². The Kier molecular flexibility index (Phi) is 7.10. The third kappa shape index (κ3) is 5.25. The lowest BCUT2D eigenvalue weighted by atomic mass is 9.90. The minimum Gasteiger partial charge on any atom is -0.394 e. The van der Waals surface area contributed by atoms with Crippen LogP contribution in [-0.4, -0.2) is 66.2 Å². The molecule has 0 spiro atoms. The van der Waals surface area contributed by atoms with Crippen molar-refractivity contribution < 1.29 is 25.2 Å². The van der Waals surface area contributed by atoms with Crippen LogP contribution >= 0.6 is 11.6 Å². The summed E-state index contributed by atoms with van der Waals surface area (Å²) in [5.74, 6) is 6.40. The largest absolute Gasteiger partial charge is 0.394 e. The summed E-state index contributed by atoms with van der Waals surface area (Å²) >= 11 is 6.41. The molecule has 1 saturated heterocycles. The van der Waals surface area contributed by atoms with Gasteiger partial charge in [0.15, 0.2) is 0 Å². The van der Waals surface area contributed by atoms with Crippen LogP contribution in [0.1, 0.15) is 34.2 Å². The minimum atomic E-state index is -1.44. The summed E-state index contributed by atoms with van der Waals surface area (Å²) in [4.78, 5) is 4.08. The first-order valence-electron chi connectivity index (χ1n) is 10.4. The standard InChI is InChI=1S/C24H24ClN3O5/c1-28-13-26-20(27-28)9-6-14-2-4-15(5-3-14)10-17-11-16(7-8-18(17)25)24-23(32)22(31)21(30)19(12-29)33-24/h2-5,7-8,11,13,19,21-24,29-32H,10,12H2,1H3/t19-,21-,22+,23-,24+/m1/s1. The molecule has 9 heteroatoms. The lowest BCUT2D eigenvalue weighted by Crippen LogP contribution is -2.55. The van der Waals surface area contributed by atoms with Gasteiger partial charge in [-0.3, -0.25) is 4.68 Å². The molecule has 0 aliphatic carbocycles. The van der Waals surface area contributed by atoms with Crippen molar-refractivity contribution in [1.29, 1.82) is 0 Å². The van der Waals surface area contributed by atoms with Gasteiger partial charge < -0.3 is 25.2 Å². The van der Waals surface area contributed by atoms with Crippen LogP contribution in [-0.2, 0) is 18.2 Å². The molecular weight excluding hydrogens is 446 g/mol. The molecule has 1 aliphatic rings. The van der Waals surface area contributed by atoms with Crippen molar-refractivity contribution in [3.63, 3.8) is 0 Å². The summed E-state index contributed by atoms with van der Waals surface area (Å²) in [6, 6.07) is 12.9. The molecule has 0 saturated carbocycles. The summed E-state index contributed by atoms with van der Waals surface area (Å²) in [6.45, 7) is -0.479. The third-order valence-electron chi connectivity index (χ3n) is 5.56. The van der Waals surface area contributed by atoms with E-state index in [2.05, 4.69) is 21.9 Å². The lowest BCUT2D eigenvalue weighted by molar-refractivity contribution is -0.231. The average Bonchev–Trinajstić information content (AvgIpc) is 3.24. The van der Waals surface area contributed by atoms with Gasteiger partial charge in [-0.25, -0.2) is 4.98 Å². The zero-order valence-corrected chi connectivity index (χ0v) is 18.6. The zero-order valence-electron chi connectivity index (χ0n) is 17.8. The maximum Gasteiger partial charge on any atom is 0.225 e. The van der Waals surface area contributed by atoms with Crippen LogP contribution in [0.3, 0.4) is 0 Å². The number of halogens is 1. The maximum atomic E-state index is 10.4. The molecule has 3 aromatic rings. The van der Waals surface area contributed by atoms with Crippen molar-refractivity contribution >= 4 is 11.6 Å². The molecule has 0 bridgehead atoms. The highest BCUT2D eigenvalue weighted by atomic mass is 35.5. The van der Waals surface area contributed by atoms with E-state index in [0.717, 1.165) is 16.7 Å². The van der Waals surface area contributed by atoms with Crippen LogP contribution in [0.15, 0.2) is 48.8 Å². The molecular formula is C24H24ClN3O5. The van der Waals surface area contributed by atoms with Crippen molar-refractivity contribution in [3.05, 3.63) is 81.9 Å². The second-order valence-electron chi connectivity index (χ2n) is 7.97. The summed E-state index contributed by atoms with van der Waals surface area (Å²) in [7, 11) is 1.78. The van der Waals surface area contributed by atoms with Crippen molar-refractivity contribution in [3.8, 4) is 11.8 Å². The van der Waals surface area contributed by atoms with Gasteiger partial charge in [0.05, 0.1) is 6.61 Å². The van der Waals surface area contributed by atoms with Crippen LogP contribution in [0.2, 0.25) is 5.02 Å². The fourth-order valence-corrected chi connectivity index (χ4v) is 3.92. The number of rotatable bonds is 4. The Morgan fingerprint density at radius 1 is 1.03 bits per heavy atom. The third-order valence-corrected chi connectivity index (χ3v) is 5.93. The molecule has 1 aromatic heterocycles. The van der Waals surface area contributed by atoms with Gasteiger partial charge in [-0.15, -0.1) is 5.10 Å². The van der Waals surface area contributed by atoms with Crippen LogP contribution in [0, 0.1) is 11.8 Å². The normalized spacial score (nSPS) is 24.8. The highest BCUT2D eigenvalue weighted by molar-refractivity contribution is 6.31. The molecule has 0 radical (unpaired) electrons. The Hall–Kier alpha value is -2.77. The van der Waals surface area contributed by atoms with Gasteiger partial charge in [-0.05, 0) is 47.2 Å².